The van der Waals surface area contributed by atoms with Gasteiger partial charge in [-0.2, -0.15) is 0 Å². The van der Waals surface area contributed by atoms with Gasteiger partial charge in [-0.3, -0.25) is 4.79 Å². The Balaban J connectivity index is 1.87. The minimum absolute atomic E-state index is 0.158. The molecule has 0 bridgehead atoms. The maximum absolute atomic E-state index is 12.2. The summed E-state index contributed by atoms with van der Waals surface area (Å²) in [5.41, 5.74) is 2.17. The fourth-order valence-corrected chi connectivity index (χ4v) is 2.18. The van der Waals surface area contributed by atoms with Crippen LogP contribution in [0.1, 0.15) is 12.5 Å². The molecule has 0 fully saturated rings. The van der Waals surface area contributed by atoms with Gasteiger partial charge in [0.05, 0.1) is 7.11 Å². The molecule has 0 saturated heterocycles. The molecule has 0 aromatic heterocycles. The number of ether oxygens (including phenoxy) is 2. The topological polar surface area (TPSA) is 50.8 Å². The lowest BCUT2D eigenvalue weighted by atomic mass is 10.2. The van der Waals surface area contributed by atoms with Gasteiger partial charge in [0.15, 0.2) is 6.10 Å². The SMILES string of the molecule is COc1cccc(OC(C)C(=O)NCc2ccc(N(C)C)cc2)c1. The lowest BCUT2D eigenvalue weighted by Gasteiger charge is -2.16. The summed E-state index contributed by atoms with van der Waals surface area (Å²) in [6.45, 7) is 2.20. The number of hydrogen-bond donors (Lipinski definition) is 1. The quantitative estimate of drug-likeness (QED) is 0.849. The van der Waals surface area contributed by atoms with E-state index in [1.807, 2.05) is 55.4 Å². The Kier molecular flexibility index (Phi) is 6.07. The molecule has 0 saturated carbocycles. The fraction of sp³-hybridized carbons (Fsp3) is 0.316. The molecule has 2 rings (SSSR count). The van der Waals surface area contributed by atoms with Gasteiger partial charge in [0.25, 0.3) is 5.91 Å². The smallest absolute Gasteiger partial charge is 0.261 e. The molecule has 0 spiro atoms. The molecule has 1 amide bonds. The molecular weight excluding hydrogens is 304 g/mol. The number of nitrogens with zero attached hydrogens (tertiary/aromatic N) is 1. The van der Waals surface area contributed by atoms with Gasteiger partial charge in [-0.25, -0.2) is 0 Å². The first-order chi connectivity index (χ1) is 11.5. The van der Waals surface area contributed by atoms with Crippen molar-refractivity contribution in [3.05, 3.63) is 54.1 Å². The number of methoxy groups -OCH3 is 1. The Morgan fingerprint density at radius 1 is 1.12 bits per heavy atom. The molecule has 24 heavy (non-hydrogen) atoms. The van der Waals surface area contributed by atoms with Crippen molar-refractivity contribution in [2.45, 2.75) is 19.6 Å². The van der Waals surface area contributed by atoms with Crippen molar-refractivity contribution < 1.29 is 14.3 Å². The summed E-state index contributed by atoms with van der Waals surface area (Å²) in [7, 11) is 5.58. The van der Waals surface area contributed by atoms with Crippen molar-refractivity contribution >= 4 is 11.6 Å². The maximum atomic E-state index is 12.2. The number of hydrogen-bond acceptors (Lipinski definition) is 4. The van der Waals surface area contributed by atoms with E-state index in [0.717, 1.165) is 11.3 Å². The maximum Gasteiger partial charge on any atom is 0.261 e. The minimum Gasteiger partial charge on any atom is -0.497 e. The van der Waals surface area contributed by atoms with Crippen LogP contribution in [0.15, 0.2) is 48.5 Å². The number of rotatable bonds is 7. The van der Waals surface area contributed by atoms with E-state index in [4.69, 9.17) is 9.47 Å². The number of carbonyl (C=O) groups excluding carboxylic acids is 1. The Hall–Kier alpha value is -2.69. The van der Waals surface area contributed by atoms with E-state index in [-0.39, 0.29) is 5.91 Å². The summed E-state index contributed by atoms with van der Waals surface area (Å²) in [5.74, 6) is 1.14. The molecule has 1 unspecified atom stereocenters. The first kappa shape index (κ1) is 17.7. The van der Waals surface area contributed by atoms with Crippen LogP contribution in [0, 0.1) is 0 Å². The van der Waals surface area contributed by atoms with Crippen molar-refractivity contribution in [1.29, 1.82) is 0 Å². The summed E-state index contributed by atoms with van der Waals surface area (Å²) >= 11 is 0. The lowest BCUT2D eigenvalue weighted by molar-refractivity contribution is -0.127. The molecule has 0 heterocycles. The molecule has 0 radical (unpaired) electrons. The largest absolute Gasteiger partial charge is 0.497 e. The molecule has 128 valence electrons. The molecule has 1 atom stereocenters. The molecule has 5 nitrogen and oxygen atoms in total. The Labute approximate surface area is 143 Å². The number of benzene rings is 2. The molecule has 0 aliphatic rings. The lowest BCUT2D eigenvalue weighted by Crippen LogP contribution is -2.35. The van der Waals surface area contributed by atoms with Gasteiger partial charge in [-0.1, -0.05) is 18.2 Å². The van der Waals surface area contributed by atoms with Crippen molar-refractivity contribution in [2.75, 3.05) is 26.1 Å². The zero-order chi connectivity index (χ0) is 17.5. The summed E-state index contributed by atoms with van der Waals surface area (Å²) in [4.78, 5) is 14.2. The van der Waals surface area contributed by atoms with Crippen LogP contribution >= 0.6 is 0 Å². The zero-order valence-electron chi connectivity index (χ0n) is 14.6. The second-order valence-corrected chi connectivity index (χ2v) is 5.72. The van der Waals surface area contributed by atoms with Crippen LogP contribution in [0.2, 0.25) is 0 Å². The van der Waals surface area contributed by atoms with Gasteiger partial charge in [0.2, 0.25) is 0 Å². The van der Waals surface area contributed by atoms with Gasteiger partial charge in [-0.15, -0.1) is 0 Å². The highest BCUT2D eigenvalue weighted by Crippen LogP contribution is 2.20. The third-order valence-electron chi connectivity index (χ3n) is 3.64. The highest BCUT2D eigenvalue weighted by atomic mass is 16.5. The number of carbonyl (C=O) groups is 1. The van der Waals surface area contributed by atoms with Crippen LogP contribution in [0.25, 0.3) is 0 Å². The van der Waals surface area contributed by atoms with E-state index >= 15 is 0 Å². The third-order valence-corrected chi connectivity index (χ3v) is 3.64. The van der Waals surface area contributed by atoms with Gasteiger partial charge in [0, 0.05) is 32.4 Å². The second-order valence-electron chi connectivity index (χ2n) is 5.72. The van der Waals surface area contributed by atoms with Crippen LogP contribution < -0.4 is 19.7 Å². The van der Waals surface area contributed by atoms with Crippen LogP contribution in [-0.2, 0) is 11.3 Å². The fourth-order valence-electron chi connectivity index (χ4n) is 2.18. The first-order valence-corrected chi connectivity index (χ1v) is 7.84. The highest BCUT2D eigenvalue weighted by molar-refractivity contribution is 5.80. The molecule has 2 aromatic rings. The molecule has 1 N–H and O–H groups in total. The van der Waals surface area contributed by atoms with Gasteiger partial charge < -0.3 is 19.7 Å². The minimum atomic E-state index is -0.585. The van der Waals surface area contributed by atoms with Crippen molar-refractivity contribution in [3.8, 4) is 11.5 Å². The Morgan fingerprint density at radius 3 is 2.42 bits per heavy atom. The summed E-state index contributed by atoms with van der Waals surface area (Å²) in [6.07, 6.45) is -0.585. The monoisotopic (exact) mass is 328 g/mol. The summed E-state index contributed by atoms with van der Waals surface area (Å²) in [5, 5.41) is 2.89. The van der Waals surface area contributed by atoms with Gasteiger partial charge >= 0.3 is 0 Å². The van der Waals surface area contributed by atoms with E-state index in [1.165, 1.54) is 0 Å². The molecule has 0 aliphatic heterocycles. The zero-order valence-corrected chi connectivity index (χ0v) is 14.6. The van der Waals surface area contributed by atoms with Crippen LogP contribution in [0.3, 0.4) is 0 Å². The van der Waals surface area contributed by atoms with Crippen molar-refractivity contribution in [3.63, 3.8) is 0 Å². The van der Waals surface area contributed by atoms with Crippen molar-refractivity contribution in [2.24, 2.45) is 0 Å². The van der Waals surface area contributed by atoms with Crippen LogP contribution in [-0.4, -0.2) is 33.2 Å². The van der Waals surface area contributed by atoms with Gasteiger partial charge in [-0.05, 0) is 36.8 Å². The van der Waals surface area contributed by atoms with Gasteiger partial charge in [0.1, 0.15) is 11.5 Å². The highest BCUT2D eigenvalue weighted by Gasteiger charge is 2.14. The average Bonchev–Trinajstić information content (AvgIpc) is 2.60. The second kappa shape index (κ2) is 8.24. The molecule has 5 heteroatoms. The molecular formula is C19H24N2O3. The van der Waals surface area contributed by atoms with E-state index in [9.17, 15) is 4.79 Å². The normalized spacial score (nSPS) is 11.5. The predicted octanol–water partition coefficient (Wildman–Crippen LogP) is 2.84. The predicted molar refractivity (Wildman–Crippen MR) is 95.7 cm³/mol. The summed E-state index contributed by atoms with van der Waals surface area (Å²) < 4.78 is 10.8. The Bertz CT molecular complexity index is 669. The average molecular weight is 328 g/mol. The summed E-state index contributed by atoms with van der Waals surface area (Å²) in [6, 6.07) is 15.3. The van der Waals surface area contributed by atoms with Crippen LogP contribution in [0.4, 0.5) is 5.69 Å². The Morgan fingerprint density at radius 2 is 1.79 bits per heavy atom. The van der Waals surface area contributed by atoms with E-state index < -0.39 is 6.10 Å². The standard InChI is InChI=1S/C19H24N2O3/c1-14(24-18-7-5-6-17(12-18)23-4)19(22)20-13-15-8-10-16(11-9-15)21(2)3/h5-12,14H,13H2,1-4H3,(H,20,22). The van der Waals surface area contributed by atoms with Crippen LogP contribution in [0.5, 0.6) is 11.5 Å². The molecule has 2 aromatic carbocycles. The van der Waals surface area contributed by atoms with E-state index in [1.54, 1.807) is 26.2 Å². The number of anilines is 1. The van der Waals surface area contributed by atoms with Crippen molar-refractivity contribution in [1.82, 2.24) is 5.32 Å². The first-order valence-electron chi connectivity index (χ1n) is 7.84. The molecule has 0 aliphatic carbocycles. The van der Waals surface area contributed by atoms with E-state index in [0.29, 0.717) is 18.0 Å². The van der Waals surface area contributed by atoms with E-state index in [2.05, 4.69) is 5.32 Å². The third kappa shape index (κ3) is 4.91. The number of nitrogens with one attached hydrogen (secondary N) is 1. The number of amides is 1.